The molecule has 2 heterocycles. The van der Waals surface area contributed by atoms with Crippen LogP contribution >= 0.6 is 11.3 Å². The molecular weight excluding hydrogens is 368 g/mol. The van der Waals surface area contributed by atoms with Crippen LogP contribution in [0.15, 0.2) is 66.0 Å². The number of hydrogen-bond acceptors (Lipinski definition) is 4. The van der Waals surface area contributed by atoms with E-state index in [1.165, 1.54) is 22.9 Å². The Balaban J connectivity index is 1.57. The summed E-state index contributed by atoms with van der Waals surface area (Å²) < 4.78 is 0. The lowest BCUT2D eigenvalue weighted by Crippen LogP contribution is -2.40. The Kier molecular flexibility index (Phi) is 5.37. The number of Topliss-reactive ketones (excluding diaryl/α,β-unsaturated/α-hetero) is 1. The number of rotatable bonds is 5. The number of benzene rings is 2. The van der Waals surface area contributed by atoms with Crippen LogP contribution in [0, 0.1) is 0 Å². The SMILES string of the molecule is CC(=O)c1ccccc1NC(=O)CN1CCc2sccc2[C@@H]1c1ccccc1. The summed E-state index contributed by atoms with van der Waals surface area (Å²) in [6.45, 7) is 2.62. The van der Waals surface area contributed by atoms with E-state index in [4.69, 9.17) is 0 Å². The third-order valence-corrected chi connectivity index (χ3v) is 6.10. The van der Waals surface area contributed by atoms with Gasteiger partial charge in [-0.15, -0.1) is 11.3 Å². The van der Waals surface area contributed by atoms with E-state index in [-0.39, 0.29) is 24.3 Å². The van der Waals surface area contributed by atoms with E-state index < -0.39 is 0 Å². The van der Waals surface area contributed by atoms with E-state index in [0.717, 1.165) is 13.0 Å². The largest absolute Gasteiger partial charge is 0.324 e. The maximum absolute atomic E-state index is 12.8. The topological polar surface area (TPSA) is 49.4 Å². The Morgan fingerprint density at radius 3 is 2.61 bits per heavy atom. The molecular formula is C23H22N2O2S. The summed E-state index contributed by atoms with van der Waals surface area (Å²) in [6, 6.07) is 19.7. The highest BCUT2D eigenvalue weighted by atomic mass is 32.1. The van der Waals surface area contributed by atoms with Gasteiger partial charge in [0.1, 0.15) is 0 Å². The van der Waals surface area contributed by atoms with Crippen molar-refractivity contribution < 1.29 is 9.59 Å². The fourth-order valence-corrected chi connectivity index (χ4v) is 4.74. The summed E-state index contributed by atoms with van der Waals surface area (Å²) in [6.07, 6.45) is 0.952. The van der Waals surface area contributed by atoms with Gasteiger partial charge in [0.2, 0.25) is 5.91 Å². The molecule has 1 aliphatic rings. The average molecular weight is 391 g/mol. The van der Waals surface area contributed by atoms with Crippen molar-refractivity contribution in [3.05, 3.63) is 87.6 Å². The monoisotopic (exact) mass is 390 g/mol. The van der Waals surface area contributed by atoms with Gasteiger partial charge in [0, 0.05) is 17.0 Å². The lowest BCUT2D eigenvalue weighted by atomic mass is 9.93. The van der Waals surface area contributed by atoms with Crippen LogP contribution in [0.3, 0.4) is 0 Å². The van der Waals surface area contributed by atoms with Crippen molar-refractivity contribution in [2.24, 2.45) is 0 Å². The quantitative estimate of drug-likeness (QED) is 0.651. The summed E-state index contributed by atoms with van der Waals surface area (Å²) in [7, 11) is 0. The first-order valence-corrected chi connectivity index (χ1v) is 10.3. The minimum atomic E-state index is -0.103. The van der Waals surface area contributed by atoms with Crippen LogP contribution < -0.4 is 5.32 Å². The van der Waals surface area contributed by atoms with Crippen molar-refractivity contribution in [2.75, 3.05) is 18.4 Å². The van der Waals surface area contributed by atoms with Crippen LogP contribution in [0.1, 0.15) is 39.3 Å². The molecule has 4 nitrogen and oxygen atoms in total. The number of hydrogen-bond donors (Lipinski definition) is 1. The van der Waals surface area contributed by atoms with Crippen LogP contribution in [0.5, 0.6) is 0 Å². The molecule has 1 N–H and O–H groups in total. The molecule has 1 aromatic heterocycles. The number of carbonyl (C=O) groups is 2. The van der Waals surface area contributed by atoms with Gasteiger partial charge in [-0.2, -0.15) is 0 Å². The van der Waals surface area contributed by atoms with Crippen LogP contribution in [0.4, 0.5) is 5.69 Å². The molecule has 0 radical (unpaired) electrons. The van der Waals surface area contributed by atoms with Gasteiger partial charge in [0.15, 0.2) is 5.78 Å². The molecule has 4 rings (SSSR count). The van der Waals surface area contributed by atoms with Gasteiger partial charge < -0.3 is 5.32 Å². The number of anilines is 1. The van der Waals surface area contributed by atoms with E-state index in [1.807, 2.05) is 24.3 Å². The molecule has 2 aromatic carbocycles. The molecule has 1 atom stereocenters. The fraction of sp³-hybridized carbons (Fsp3) is 0.217. The number of ketones is 1. The smallest absolute Gasteiger partial charge is 0.238 e. The normalized spacial score (nSPS) is 16.4. The first kappa shape index (κ1) is 18.6. The molecule has 0 saturated carbocycles. The summed E-state index contributed by atoms with van der Waals surface area (Å²) in [5.74, 6) is -0.160. The Morgan fingerprint density at radius 1 is 1.07 bits per heavy atom. The molecule has 0 spiro atoms. The van der Waals surface area contributed by atoms with Crippen molar-refractivity contribution in [3.8, 4) is 0 Å². The minimum Gasteiger partial charge on any atom is -0.324 e. The third kappa shape index (κ3) is 3.77. The molecule has 1 amide bonds. The molecule has 0 aliphatic carbocycles. The predicted molar refractivity (Wildman–Crippen MR) is 113 cm³/mol. The highest BCUT2D eigenvalue weighted by Crippen LogP contribution is 2.37. The van der Waals surface area contributed by atoms with Crippen molar-refractivity contribution in [1.29, 1.82) is 0 Å². The first-order valence-electron chi connectivity index (χ1n) is 9.38. The van der Waals surface area contributed by atoms with E-state index in [0.29, 0.717) is 11.3 Å². The third-order valence-electron chi connectivity index (χ3n) is 5.11. The molecule has 3 aromatic rings. The molecule has 0 unspecified atom stereocenters. The highest BCUT2D eigenvalue weighted by Gasteiger charge is 2.30. The molecule has 0 fully saturated rings. The Morgan fingerprint density at radius 2 is 1.82 bits per heavy atom. The Bertz CT molecular complexity index is 997. The molecule has 0 bridgehead atoms. The van der Waals surface area contributed by atoms with E-state index in [9.17, 15) is 9.59 Å². The second kappa shape index (κ2) is 8.09. The summed E-state index contributed by atoms with van der Waals surface area (Å²) in [5, 5.41) is 5.06. The second-order valence-electron chi connectivity index (χ2n) is 6.98. The van der Waals surface area contributed by atoms with Crippen molar-refractivity contribution in [2.45, 2.75) is 19.4 Å². The Hall–Kier alpha value is -2.76. The number of amides is 1. The van der Waals surface area contributed by atoms with Gasteiger partial charge in [-0.3, -0.25) is 14.5 Å². The van der Waals surface area contributed by atoms with Crippen LogP contribution in [-0.2, 0) is 11.2 Å². The first-order chi connectivity index (χ1) is 13.6. The summed E-state index contributed by atoms with van der Waals surface area (Å²) >= 11 is 1.79. The van der Waals surface area contributed by atoms with E-state index in [2.05, 4.69) is 33.8 Å². The van der Waals surface area contributed by atoms with Gasteiger partial charge in [0.25, 0.3) is 0 Å². The standard InChI is InChI=1S/C23H22N2O2S/c1-16(26)18-9-5-6-10-20(18)24-22(27)15-25-13-11-21-19(12-14-28-21)23(25)17-7-3-2-4-8-17/h2-10,12,14,23H,11,13,15H2,1H3,(H,24,27)/t23-/m0/s1. The van der Waals surface area contributed by atoms with Gasteiger partial charge in [-0.05, 0) is 48.1 Å². The molecule has 1 aliphatic heterocycles. The number of thiophene rings is 1. The van der Waals surface area contributed by atoms with Gasteiger partial charge in [-0.25, -0.2) is 0 Å². The fourth-order valence-electron chi connectivity index (χ4n) is 3.84. The lowest BCUT2D eigenvalue weighted by molar-refractivity contribution is -0.117. The summed E-state index contributed by atoms with van der Waals surface area (Å²) in [5.41, 5.74) is 3.59. The average Bonchev–Trinajstić information content (AvgIpc) is 3.17. The van der Waals surface area contributed by atoms with Crippen molar-refractivity contribution >= 4 is 28.7 Å². The number of nitrogens with zero attached hydrogens (tertiary/aromatic N) is 1. The predicted octanol–water partition coefficient (Wildman–Crippen LogP) is 4.54. The number of fused-ring (bicyclic) bond motifs is 1. The summed E-state index contributed by atoms with van der Waals surface area (Å²) in [4.78, 5) is 28.3. The molecule has 0 saturated heterocycles. The van der Waals surface area contributed by atoms with Crippen LogP contribution in [-0.4, -0.2) is 29.7 Å². The highest BCUT2D eigenvalue weighted by molar-refractivity contribution is 7.10. The van der Waals surface area contributed by atoms with Crippen LogP contribution in [0.25, 0.3) is 0 Å². The number of nitrogens with one attached hydrogen (secondary N) is 1. The zero-order chi connectivity index (χ0) is 19.5. The number of para-hydroxylation sites is 1. The molecule has 28 heavy (non-hydrogen) atoms. The molecule has 5 heteroatoms. The van der Waals surface area contributed by atoms with Crippen molar-refractivity contribution in [3.63, 3.8) is 0 Å². The van der Waals surface area contributed by atoms with Gasteiger partial charge >= 0.3 is 0 Å². The molecule has 142 valence electrons. The van der Waals surface area contributed by atoms with E-state index in [1.54, 1.807) is 29.5 Å². The van der Waals surface area contributed by atoms with Crippen LogP contribution in [0.2, 0.25) is 0 Å². The number of carbonyl (C=O) groups excluding carboxylic acids is 2. The Labute approximate surface area is 168 Å². The minimum absolute atomic E-state index is 0.0565. The maximum Gasteiger partial charge on any atom is 0.238 e. The zero-order valence-corrected chi connectivity index (χ0v) is 16.5. The van der Waals surface area contributed by atoms with Gasteiger partial charge in [0.05, 0.1) is 18.3 Å². The maximum atomic E-state index is 12.8. The van der Waals surface area contributed by atoms with Gasteiger partial charge in [-0.1, -0.05) is 42.5 Å². The van der Waals surface area contributed by atoms with Crippen molar-refractivity contribution in [1.82, 2.24) is 4.90 Å². The lowest BCUT2D eigenvalue weighted by Gasteiger charge is -2.35. The van der Waals surface area contributed by atoms with E-state index >= 15 is 0 Å². The second-order valence-corrected chi connectivity index (χ2v) is 7.98. The zero-order valence-electron chi connectivity index (χ0n) is 15.7.